The van der Waals surface area contributed by atoms with Crippen molar-refractivity contribution >= 4 is 30.1 Å². The first kappa shape index (κ1) is 18.7. The molecule has 0 saturated carbocycles. The number of anilines is 2. The van der Waals surface area contributed by atoms with Crippen LogP contribution in [-0.2, 0) is 14.4 Å². The first-order chi connectivity index (χ1) is 10.9. The van der Waals surface area contributed by atoms with Gasteiger partial charge in [-0.05, 0) is 37.0 Å². The van der Waals surface area contributed by atoms with Gasteiger partial charge in [-0.15, -0.1) is 0 Å². The highest BCUT2D eigenvalue weighted by Gasteiger charge is 2.18. The van der Waals surface area contributed by atoms with Crippen molar-refractivity contribution < 1.29 is 14.4 Å². The van der Waals surface area contributed by atoms with E-state index in [0.717, 1.165) is 17.8 Å². The first-order valence-electron chi connectivity index (χ1n) is 7.72. The molecule has 1 atom stereocenters. The summed E-state index contributed by atoms with van der Waals surface area (Å²) >= 11 is 0. The Labute approximate surface area is 137 Å². The molecule has 6 heteroatoms. The van der Waals surface area contributed by atoms with Crippen LogP contribution in [0, 0.1) is 0 Å². The van der Waals surface area contributed by atoms with Crippen molar-refractivity contribution in [1.29, 1.82) is 0 Å². The number of carbonyl (C=O) groups is 3. The number of imide groups is 1. The van der Waals surface area contributed by atoms with Crippen LogP contribution in [0.2, 0.25) is 0 Å². The molecular weight excluding hydrogens is 294 g/mol. The maximum atomic E-state index is 11.5. The molecule has 0 saturated heterocycles. The Kier molecular flexibility index (Phi) is 7.25. The molecule has 3 amide bonds. The minimum atomic E-state index is -0.346. The highest BCUT2D eigenvalue weighted by atomic mass is 16.2. The fourth-order valence-corrected chi connectivity index (χ4v) is 2.35. The molecule has 0 radical (unpaired) electrons. The van der Waals surface area contributed by atoms with Gasteiger partial charge in [0.15, 0.2) is 0 Å². The fraction of sp³-hybridized carbons (Fsp3) is 0.471. The van der Waals surface area contributed by atoms with Gasteiger partial charge < -0.3 is 10.2 Å². The van der Waals surface area contributed by atoms with Gasteiger partial charge in [0, 0.05) is 19.5 Å². The Balaban J connectivity index is 2.93. The van der Waals surface area contributed by atoms with Gasteiger partial charge in [0.1, 0.15) is 0 Å². The maximum Gasteiger partial charge on any atom is 0.226 e. The number of amides is 3. The van der Waals surface area contributed by atoms with Gasteiger partial charge in [0.05, 0.1) is 11.4 Å². The van der Waals surface area contributed by atoms with Crippen molar-refractivity contribution in [3.05, 3.63) is 23.8 Å². The molecule has 0 aliphatic rings. The number of nitrogens with zero attached hydrogens (tertiary/aromatic N) is 1. The van der Waals surface area contributed by atoms with E-state index in [0.29, 0.717) is 18.7 Å². The van der Waals surface area contributed by atoms with Crippen molar-refractivity contribution in [2.75, 3.05) is 17.3 Å². The molecule has 2 N–H and O–H groups in total. The van der Waals surface area contributed by atoms with Crippen molar-refractivity contribution in [2.24, 2.45) is 0 Å². The molecular formula is C17H25N3O3. The summed E-state index contributed by atoms with van der Waals surface area (Å²) in [5.41, 5.74) is 2.82. The Bertz CT molecular complexity index is 558. The van der Waals surface area contributed by atoms with Crippen LogP contribution in [0.15, 0.2) is 18.2 Å². The predicted molar refractivity (Wildman–Crippen MR) is 91.5 cm³/mol. The van der Waals surface area contributed by atoms with Crippen LogP contribution in [0.4, 0.5) is 11.4 Å². The van der Waals surface area contributed by atoms with E-state index >= 15 is 0 Å². The lowest BCUT2D eigenvalue weighted by Crippen LogP contribution is -2.33. The highest BCUT2D eigenvalue weighted by Crippen LogP contribution is 2.30. The summed E-state index contributed by atoms with van der Waals surface area (Å²) in [6.45, 7) is 6.10. The average molecular weight is 319 g/mol. The van der Waals surface area contributed by atoms with Crippen molar-refractivity contribution in [3.63, 3.8) is 0 Å². The van der Waals surface area contributed by atoms with Gasteiger partial charge >= 0.3 is 0 Å². The molecule has 126 valence electrons. The molecule has 0 aromatic heterocycles. The molecule has 0 bridgehead atoms. The summed E-state index contributed by atoms with van der Waals surface area (Å²) in [7, 11) is 1.81. The quantitative estimate of drug-likeness (QED) is 0.684. The molecule has 0 fully saturated rings. The number of nitrogens with one attached hydrogen (secondary N) is 2. The number of hydrogen-bond acceptors (Lipinski definition) is 4. The SMILES string of the molecule is CNc1cc(C(C)C)ccc1N(C=O)C(C)CCC(=O)NC=O. The van der Waals surface area contributed by atoms with E-state index in [2.05, 4.69) is 24.5 Å². The summed E-state index contributed by atoms with van der Waals surface area (Å²) in [5.74, 6) is 0.0481. The van der Waals surface area contributed by atoms with Crippen LogP contribution in [-0.4, -0.2) is 31.8 Å². The molecule has 0 spiro atoms. The molecule has 0 heterocycles. The Hall–Kier alpha value is -2.37. The van der Waals surface area contributed by atoms with Gasteiger partial charge in [0.2, 0.25) is 18.7 Å². The molecule has 1 aromatic carbocycles. The van der Waals surface area contributed by atoms with E-state index in [1.165, 1.54) is 5.56 Å². The van der Waals surface area contributed by atoms with E-state index in [1.807, 2.05) is 32.2 Å². The third-order valence-corrected chi connectivity index (χ3v) is 3.83. The van der Waals surface area contributed by atoms with E-state index in [4.69, 9.17) is 0 Å². The van der Waals surface area contributed by atoms with E-state index < -0.39 is 0 Å². The second-order valence-corrected chi connectivity index (χ2v) is 5.77. The molecule has 1 rings (SSSR count). The number of hydrogen-bond donors (Lipinski definition) is 2. The zero-order valence-electron chi connectivity index (χ0n) is 14.1. The lowest BCUT2D eigenvalue weighted by molar-refractivity contribution is -0.125. The van der Waals surface area contributed by atoms with Gasteiger partial charge in [-0.25, -0.2) is 0 Å². The van der Waals surface area contributed by atoms with Gasteiger partial charge in [-0.3, -0.25) is 19.7 Å². The van der Waals surface area contributed by atoms with Gasteiger partial charge in [-0.1, -0.05) is 19.9 Å². The topological polar surface area (TPSA) is 78.5 Å². The van der Waals surface area contributed by atoms with Crippen LogP contribution in [0.25, 0.3) is 0 Å². The number of rotatable bonds is 9. The Morgan fingerprint density at radius 3 is 2.48 bits per heavy atom. The second kappa shape index (κ2) is 8.92. The molecule has 0 aliphatic carbocycles. The van der Waals surface area contributed by atoms with Crippen LogP contribution in [0.5, 0.6) is 0 Å². The normalized spacial score (nSPS) is 11.7. The molecule has 6 nitrogen and oxygen atoms in total. The molecule has 23 heavy (non-hydrogen) atoms. The summed E-state index contributed by atoms with van der Waals surface area (Å²) in [4.78, 5) is 34.8. The summed E-state index contributed by atoms with van der Waals surface area (Å²) in [6, 6.07) is 5.78. The maximum absolute atomic E-state index is 11.5. The largest absolute Gasteiger partial charge is 0.386 e. The number of carbonyl (C=O) groups excluding carboxylic acids is 3. The molecule has 1 unspecified atom stereocenters. The van der Waals surface area contributed by atoms with Gasteiger partial charge in [-0.2, -0.15) is 0 Å². The molecule has 0 aliphatic heterocycles. The van der Waals surface area contributed by atoms with Crippen molar-refractivity contribution in [2.45, 2.75) is 45.6 Å². The fourth-order valence-electron chi connectivity index (χ4n) is 2.35. The zero-order valence-corrected chi connectivity index (χ0v) is 14.1. The van der Waals surface area contributed by atoms with Crippen molar-refractivity contribution in [1.82, 2.24) is 5.32 Å². The van der Waals surface area contributed by atoms with Crippen LogP contribution in [0.3, 0.4) is 0 Å². The lowest BCUT2D eigenvalue weighted by atomic mass is 10.0. The third kappa shape index (κ3) is 5.09. The van der Waals surface area contributed by atoms with E-state index in [9.17, 15) is 14.4 Å². The average Bonchev–Trinajstić information content (AvgIpc) is 2.54. The molecule has 1 aromatic rings. The Morgan fingerprint density at radius 2 is 1.96 bits per heavy atom. The summed E-state index contributed by atoms with van der Waals surface area (Å²) in [5, 5.41) is 5.22. The Morgan fingerprint density at radius 1 is 1.26 bits per heavy atom. The number of benzene rings is 1. The van der Waals surface area contributed by atoms with E-state index in [1.54, 1.807) is 4.90 Å². The smallest absolute Gasteiger partial charge is 0.226 e. The standard InChI is InChI=1S/C17H25N3O3/c1-12(2)14-6-7-16(15(9-14)18-4)20(11-22)13(3)5-8-17(23)19-10-21/h6-7,9-13,18H,5,8H2,1-4H3,(H,19,21,23). The minimum Gasteiger partial charge on any atom is -0.386 e. The van der Waals surface area contributed by atoms with Gasteiger partial charge in [0.25, 0.3) is 0 Å². The van der Waals surface area contributed by atoms with E-state index in [-0.39, 0.29) is 18.4 Å². The van der Waals surface area contributed by atoms with Crippen molar-refractivity contribution in [3.8, 4) is 0 Å². The first-order valence-corrected chi connectivity index (χ1v) is 7.72. The second-order valence-electron chi connectivity index (χ2n) is 5.77. The highest BCUT2D eigenvalue weighted by molar-refractivity contribution is 5.86. The lowest BCUT2D eigenvalue weighted by Gasteiger charge is -2.27. The van der Waals surface area contributed by atoms with Crippen LogP contribution < -0.4 is 15.5 Å². The summed E-state index contributed by atoms with van der Waals surface area (Å²) < 4.78 is 0. The summed E-state index contributed by atoms with van der Waals surface area (Å²) in [6.07, 6.45) is 1.79. The minimum absolute atomic E-state index is 0.165. The van der Waals surface area contributed by atoms with Crippen LogP contribution in [0.1, 0.15) is 45.1 Å². The predicted octanol–water partition coefficient (Wildman–Crippen LogP) is 2.26. The zero-order chi connectivity index (χ0) is 17.4. The monoisotopic (exact) mass is 319 g/mol. The third-order valence-electron chi connectivity index (χ3n) is 3.83. The van der Waals surface area contributed by atoms with Crippen LogP contribution >= 0.6 is 0 Å².